The summed E-state index contributed by atoms with van der Waals surface area (Å²) in [6.07, 6.45) is 1.22. The van der Waals surface area contributed by atoms with Gasteiger partial charge in [0.05, 0.1) is 25.4 Å². The van der Waals surface area contributed by atoms with Crippen molar-refractivity contribution in [2.45, 2.75) is 26.1 Å². The van der Waals surface area contributed by atoms with Gasteiger partial charge < -0.3 is 14.9 Å². The first-order valence-corrected chi connectivity index (χ1v) is 5.68. The van der Waals surface area contributed by atoms with Gasteiger partial charge in [0.2, 0.25) is 0 Å². The summed E-state index contributed by atoms with van der Waals surface area (Å²) in [6.45, 7) is 7.33. The van der Waals surface area contributed by atoms with Gasteiger partial charge in [-0.2, -0.15) is 0 Å². The number of ether oxygens (including phenoxy) is 1. The first-order valence-electron chi connectivity index (χ1n) is 5.68. The Kier molecular flexibility index (Phi) is 9.34. The molecule has 0 aromatic heterocycles. The normalized spacial score (nSPS) is 13.2. The zero-order valence-corrected chi connectivity index (χ0v) is 10.5. The number of aliphatic hydroxyl groups is 2. The van der Waals surface area contributed by atoms with Gasteiger partial charge in [-0.25, -0.2) is 0 Å². The second-order valence-corrected chi connectivity index (χ2v) is 3.79. The van der Waals surface area contributed by atoms with Crippen LogP contribution in [0, 0.1) is 0 Å². The number of hydrogen-bond donors (Lipinski definition) is 2. The standard InChI is InChI=1S/C8H8.C6H14O3/c1-2-8-6-4-3-5-7-8;1-5(8)4-9-6(2)3-7/h2-7H,1H2;5-8H,3-4H2,1-2H3. The molecule has 0 radical (unpaired) electrons. The zero-order chi connectivity index (χ0) is 13.1. The van der Waals surface area contributed by atoms with Crippen molar-refractivity contribution in [2.24, 2.45) is 0 Å². The number of hydrogen-bond acceptors (Lipinski definition) is 3. The van der Waals surface area contributed by atoms with E-state index < -0.39 is 6.10 Å². The van der Waals surface area contributed by atoms with Crippen LogP contribution in [0.15, 0.2) is 36.9 Å². The molecule has 0 amide bonds. The molecule has 0 aliphatic heterocycles. The molecule has 0 bridgehead atoms. The summed E-state index contributed by atoms with van der Waals surface area (Å²) in [7, 11) is 0. The van der Waals surface area contributed by atoms with Gasteiger partial charge in [-0.15, -0.1) is 0 Å². The quantitative estimate of drug-likeness (QED) is 0.826. The van der Waals surface area contributed by atoms with Crippen LogP contribution in [-0.4, -0.2) is 35.6 Å². The Labute approximate surface area is 103 Å². The summed E-state index contributed by atoms with van der Waals surface area (Å²) in [4.78, 5) is 0. The van der Waals surface area contributed by atoms with Gasteiger partial charge in [-0.05, 0) is 19.4 Å². The van der Waals surface area contributed by atoms with E-state index in [1.165, 1.54) is 5.56 Å². The predicted octanol–water partition coefficient (Wildman–Crippen LogP) is 2.09. The molecule has 2 atom stereocenters. The monoisotopic (exact) mass is 238 g/mol. The topological polar surface area (TPSA) is 49.7 Å². The maximum Gasteiger partial charge on any atom is 0.0779 e. The lowest BCUT2D eigenvalue weighted by Gasteiger charge is -2.10. The van der Waals surface area contributed by atoms with E-state index in [1.807, 2.05) is 36.4 Å². The van der Waals surface area contributed by atoms with Crippen LogP contribution >= 0.6 is 0 Å². The molecule has 0 spiro atoms. The van der Waals surface area contributed by atoms with E-state index in [2.05, 4.69) is 6.58 Å². The summed E-state index contributed by atoms with van der Waals surface area (Å²) >= 11 is 0. The Balaban J connectivity index is 0.000000302. The van der Waals surface area contributed by atoms with Crippen molar-refractivity contribution in [1.29, 1.82) is 0 Å². The Morgan fingerprint density at radius 1 is 1.29 bits per heavy atom. The molecule has 1 rings (SSSR count). The van der Waals surface area contributed by atoms with E-state index in [0.717, 1.165) is 0 Å². The average molecular weight is 238 g/mol. The van der Waals surface area contributed by atoms with Gasteiger partial charge in [-0.3, -0.25) is 0 Å². The van der Waals surface area contributed by atoms with Gasteiger partial charge in [-0.1, -0.05) is 43.0 Å². The highest BCUT2D eigenvalue weighted by Crippen LogP contribution is 1.97. The van der Waals surface area contributed by atoms with Gasteiger partial charge in [0, 0.05) is 0 Å². The number of benzene rings is 1. The summed E-state index contributed by atoms with van der Waals surface area (Å²) in [5, 5.41) is 17.1. The van der Waals surface area contributed by atoms with E-state index in [4.69, 9.17) is 14.9 Å². The fourth-order valence-electron chi connectivity index (χ4n) is 0.945. The molecule has 0 fully saturated rings. The van der Waals surface area contributed by atoms with E-state index in [1.54, 1.807) is 13.8 Å². The minimum atomic E-state index is -0.445. The Morgan fingerprint density at radius 3 is 2.24 bits per heavy atom. The molecule has 2 N–H and O–H groups in total. The molecule has 0 aliphatic carbocycles. The summed E-state index contributed by atoms with van der Waals surface area (Å²) in [5.41, 5.74) is 1.17. The second kappa shape index (κ2) is 10.0. The van der Waals surface area contributed by atoms with Crippen LogP contribution in [0.4, 0.5) is 0 Å². The molecular formula is C14H22O3. The molecule has 1 aromatic rings. The van der Waals surface area contributed by atoms with Crippen LogP contribution in [0.25, 0.3) is 6.08 Å². The maximum atomic E-state index is 8.69. The lowest BCUT2D eigenvalue weighted by molar-refractivity contribution is -0.0177. The predicted molar refractivity (Wildman–Crippen MR) is 70.7 cm³/mol. The molecule has 0 heterocycles. The van der Waals surface area contributed by atoms with Crippen molar-refractivity contribution in [1.82, 2.24) is 0 Å². The Bertz CT molecular complexity index is 283. The highest BCUT2D eigenvalue weighted by atomic mass is 16.5. The summed E-state index contributed by atoms with van der Waals surface area (Å²) in [6, 6.07) is 10.0. The van der Waals surface area contributed by atoms with Crippen molar-refractivity contribution in [3.05, 3.63) is 42.5 Å². The second-order valence-electron chi connectivity index (χ2n) is 3.79. The van der Waals surface area contributed by atoms with Crippen LogP contribution in [0.2, 0.25) is 0 Å². The fourth-order valence-corrected chi connectivity index (χ4v) is 0.945. The Hall–Kier alpha value is -1.16. The van der Waals surface area contributed by atoms with E-state index in [0.29, 0.717) is 6.61 Å². The third kappa shape index (κ3) is 9.75. The van der Waals surface area contributed by atoms with Crippen molar-refractivity contribution < 1.29 is 14.9 Å². The van der Waals surface area contributed by atoms with Gasteiger partial charge in [0.1, 0.15) is 0 Å². The van der Waals surface area contributed by atoms with Crippen LogP contribution in [0.3, 0.4) is 0 Å². The van der Waals surface area contributed by atoms with Crippen LogP contribution in [-0.2, 0) is 4.74 Å². The largest absolute Gasteiger partial charge is 0.394 e. The highest BCUT2D eigenvalue weighted by molar-refractivity contribution is 5.45. The Morgan fingerprint density at radius 2 is 1.88 bits per heavy atom. The van der Waals surface area contributed by atoms with E-state index in [9.17, 15) is 0 Å². The van der Waals surface area contributed by atoms with Crippen molar-refractivity contribution in [2.75, 3.05) is 13.2 Å². The molecule has 3 nitrogen and oxygen atoms in total. The molecule has 0 aliphatic rings. The molecule has 96 valence electrons. The smallest absolute Gasteiger partial charge is 0.0779 e. The lowest BCUT2D eigenvalue weighted by atomic mass is 10.2. The van der Waals surface area contributed by atoms with E-state index >= 15 is 0 Å². The van der Waals surface area contributed by atoms with Crippen LogP contribution < -0.4 is 0 Å². The van der Waals surface area contributed by atoms with Crippen LogP contribution in [0.5, 0.6) is 0 Å². The first kappa shape index (κ1) is 15.8. The molecule has 3 heteroatoms. The molecule has 0 saturated heterocycles. The minimum Gasteiger partial charge on any atom is -0.394 e. The molecule has 2 unspecified atom stereocenters. The van der Waals surface area contributed by atoms with Gasteiger partial charge >= 0.3 is 0 Å². The molecule has 1 aromatic carbocycles. The fraction of sp³-hybridized carbons (Fsp3) is 0.429. The first-order chi connectivity index (χ1) is 8.10. The number of aliphatic hydroxyl groups excluding tert-OH is 2. The van der Waals surface area contributed by atoms with Gasteiger partial charge in [0.15, 0.2) is 0 Å². The van der Waals surface area contributed by atoms with Crippen molar-refractivity contribution in [3.63, 3.8) is 0 Å². The summed E-state index contributed by atoms with van der Waals surface area (Å²) in [5.74, 6) is 0. The molecule has 0 saturated carbocycles. The summed E-state index contributed by atoms with van der Waals surface area (Å²) < 4.78 is 4.95. The minimum absolute atomic E-state index is 0.00667. The SMILES string of the molecule is C=Cc1ccccc1.CC(O)COC(C)CO. The molecule has 17 heavy (non-hydrogen) atoms. The van der Waals surface area contributed by atoms with Crippen molar-refractivity contribution >= 4 is 6.08 Å². The zero-order valence-electron chi connectivity index (χ0n) is 10.5. The van der Waals surface area contributed by atoms with Gasteiger partial charge in [0.25, 0.3) is 0 Å². The van der Waals surface area contributed by atoms with E-state index in [-0.39, 0.29) is 12.7 Å². The lowest BCUT2D eigenvalue weighted by Crippen LogP contribution is -2.19. The average Bonchev–Trinajstić information content (AvgIpc) is 2.37. The molecular weight excluding hydrogens is 216 g/mol. The highest BCUT2D eigenvalue weighted by Gasteiger charge is 2.00. The third-order valence-corrected chi connectivity index (χ3v) is 1.91. The third-order valence-electron chi connectivity index (χ3n) is 1.91. The maximum absolute atomic E-state index is 8.69. The van der Waals surface area contributed by atoms with Crippen molar-refractivity contribution in [3.8, 4) is 0 Å². The number of rotatable bonds is 5. The van der Waals surface area contributed by atoms with Crippen LogP contribution in [0.1, 0.15) is 19.4 Å².